The number of hydrogen-bond acceptors (Lipinski definition) is 3. The Morgan fingerprint density at radius 1 is 1.12 bits per heavy atom. The molecule has 2 aromatic carbocycles. The highest BCUT2D eigenvalue weighted by Crippen LogP contribution is 2.37. The molecule has 0 saturated carbocycles. The number of rotatable bonds is 7. The number of benzene rings is 2. The zero-order valence-corrected chi connectivity index (χ0v) is 15.9. The van der Waals surface area contributed by atoms with Crippen molar-refractivity contribution >= 4 is 23.2 Å². The molecule has 1 N–H and O–H groups in total. The van der Waals surface area contributed by atoms with E-state index in [0.717, 1.165) is 23.2 Å². The normalized spacial score (nSPS) is 10.4. The van der Waals surface area contributed by atoms with Crippen molar-refractivity contribution in [2.24, 2.45) is 0 Å². The SMILES string of the molecule is CCCOc1c(Cl)cc(C(=O)Nc2cc(C)ccc2C)cc1OCC. The Bertz CT molecular complexity index is 759. The van der Waals surface area contributed by atoms with Crippen molar-refractivity contribution in [2.75, 3.05) is 18.5 Å². The first-order valence-corrected chi connectivity index (χ1v) is 8.81. The summed E-state index contributed by atoms with van der Waals surface area (Å²) in [5.41, 5.74) is 3.29. The predicted molar refractivity (Wildman–Crippen MR) is 102 cm³/mol. The second-order valence-corrected chi connectivity index (χ2v) is 6.25. The summed E-state index contributed by atoms with van der Waals surface area (Å²) in [4.78, 5) is 12.6. The highest BCUT2D eigenvalue weighted by atomic mass is 35.5. The number of nitrogens with one attached hydrogen (secondary N) is 1. The predicted octanol–water partition coefficient (Wildman–Crippen LogP) is 5.40. The van der Waals surface area contributed by atoms with Gasteiger partial charge in [-0.1, -0.05) is 30.7 Å². The maximum Gasteiger partial charge on any atom is 0.255 e. The van der Waals surface area contributed by atoms with Crippen LogP contribution in [0.1, 0.15) is 41.8 Å². The molecule has 0 radical (unpaired) electrons. The van der Waals surface area contributed by atoms with Gasteiger partial charge in [-0.3, -0.25) is 4.79 Å². The Morgan fingerprint density at radius 2 is 1.88 bits per heavy atom. The van der Waals surface area contributed by atoms with Crippen LogP contribution in [0.3, 0.4) is 0 Å². The molecular weight excluding hydrogens is 338 g/mol. The van der Waals surface area contributed by atoms with Gasteiger partial charge in [-0.15, -0.1) is 0 Å². The third-order valence-corrected chi connectivity index (χ3v) is 3.94. The lowest BCUT2D eigenvalue weighted by Crippen LogP contribution is -2.13. The average Bonchev–Trinajstić information content (AvgIpc) is 2.57. The van der Waals surface area contributed by atoms with E-state index in [0.29, 0.717) is 35.3 Å². The fraction of sp³-hybridized carbons (Fsp3) is 0.350. The number of amides is 1. The van der Waals surface area contributed by atoms with Gasteiger partial charge >= 0.3 is 0 Å². The van der Waals surface area contributed by atoms with Crippen molar-refractivity contribution in [1.82, 2.24) is 0 Å². The van der Waals surface area contributed by atoms with Gasteiger partial charge in [-0.2, -0.15) is 0 Å². The molecule has 0 spiro atoms. The van der Waals surface area contributed by atoms with Gasteiger partial charge in [0.25, 0.3) is 5.91 Å². The largest absolute Gasteiger partial charge is 0.490 e. The van der Waals surface area contributed by atoms with Crippen LogP contribution in [0.2, 0.25) is 5.02 Å². The summed E-state index contributed by atoms with van der Waals surface area (Å²) in [6, 6.07) is 9.20. The summed E-state index contributed by atoms with van der Waals surface area (Å²) in [5.74, 6) is 0.724. The van der Waals surface area contributed by atoms with Gasteiger partial charge in [-0.05, 0) is 56.5 Å². The van der Waals surface area contributed by atoms with Gasteiger partial charge in [0, 0.05) is 11.3 Å². The number of anilines is 1. The minimum absolute atomic E-state index is 0.237. The van der Waals surface area contributed by atoms with Gasteiger partial charge in [0.05, 0.1) is 18.2 Å². The Balaban J connectivity index is 2.31. The monoisotopic (exact) mass is 361 g/mol. The van der Waals surface area contributed by atoms with Crippen LogP contribution in [-0.2, 0) is 0 Å². The third kappa shape index (κ3) is 4.89. The quantitative estimate of drug-likeness (QED) is 0.718. The van der Waals surface area contributed by atoms with Crippen LogP contribution in [0.15, 0.2) is 30.3 Å². The fourth-order valence-corrected chi connectivity index (χ4v) is 2.64. The van der Waals surface area contributed by atoms with Crippen LogP contribution in [0.25, 0.3) is 0 Å². The van der Waals surface area contributed by atoms with E-state index in [1.54, 1.807) is 12.1 Å². The summed E-state index contributed by atoms with van der Waals surface area (Å²) in [6.45, 7) is 8.82. The summed E-state index contributed by atoms with van der Waals surface area (Å²) in [5, 5.41) is 3.30. The summed E-state index contributed by atoms with van der Waals surface area (Å²) in [6.07, 6.45) is 0.858. The van der Waals surface area contributed by atoms with Crippen LogP contribution >= 0.6 is 11.6 Å². The van der Waals surface area contributed by atoms with Gasteiger partial charge in [0.1, 0.15) is 0 Å². The van der Waals surface area contributed by atoms with E-state index in [4.69, 9.17) is 21.1 Å². The smallest absolute Gasteiger partial charge is 0.255 e. The maximum absolute atomic E-state index is 12.6. The number of ether oxygens (including phenoxy) is 2. The zero-order valence-electron chi connectivity index (χ0n) is 15.1. The molecule has 134 valence electrons. The van der Waals surface area contributed by atoms with E-state index in [1.165, 1.54) is 0 Å². The molecule has 0 atom stereocenters. The van der Waals surface area contributed by atoms with E-state index in [9.17, 15) is 4.79 Å². The van der Waals surface area contributed by atoms with Crippen LogP contribution < -0.4 is 14.8 Å². The van der Waals surface area contributed by atoms with Crippen molar-refractivity contribution in [2.45, 2.75) is 34.1 Å². The zero-order chi connectivity index (χ0) is 18.4. The topological polar surface area (TPSA) is 47.6 Å². The lowest BCUT2D eigenvalue weighted by atomic mass is 10.1. The first-order chi connectivity index (χ1) is 12.0. The van der Waals surface area contributed by atoms with Crippen LogP contribution in [0.5, 0.6) is 11.5 Å². The van der Waals surface area contributed by atoms with E-state index < -0.39 is 0 Å². The first kappa shape index (κ1) is 19.1. The highest BCUT2D eigenvalue weighted by Gasteiger charge is 2.17. The molecule has 4 nitrogen and oxygen atoms in total. The molecule has 0 aromatic heterocycles. The molecule has 25 heavy (non-hydrogen) atoms. The number of hydrogen-bond donors (Lipinski definition) is 1. The molecule has 1 amide bonds. The lowest BCUT2D eigenvalue weighted by molar-refractivity contribution is 0.102. The molecule has 2 rings (SSSR count). The molecule has 2 aromatic rings. The fourth-order valence-electron chi connectivity index (χ4n) is 2.37. The average molecular weight is 362 g/mol. The minimum Gasteiger partial charge on any atom is -0.490 e. The van der Waals surface area contributed by atoms with Gasteiger partial charge in [-0.25, -0.2) is 0 Å². The van der Waals surface area contributed by atoms with Gasteiger partial charge < -0.3 is 14.8 Å². The Morgan fingerprint density at radius 3 is 2.56 bits per heavy atom. The van der Waals surface area contributed by atoms with E-state index in [2.05, 4.69) is 5.32 Å². The third-order valence-electron chi connectivity index (χ3n) is 3.66. The van der Waals surface area contributed by atoms with Crippen LogP contribution in [-0.4, -0.2) is 19.1 Å². The molecule has 0 bridgehead atoms. The maximum atomic E-state index is 12.6. The number of carbonyl (C=O) groups is 1. The van der Waals surface area contributed by atoms with Gasteiger partial charge in [0.2, 0.25) is 0 Å². The van der Waals surface area contributed by atoms with Gasteiger partial charge in [0.15, 0.2) is 11.5 Å². The molecule has 0 aliphatic carbocycles. The number of halogens is 1. The van der Waals surface area contributed by atoms with Crippen molar-refractivity contribution in [3.05, 3.63) is 52.0 Å². The number of carbonyl (C=O) groups excluding carboxylic acids is 1. The lowest BCUT2D eigenvalue weighted by Gasteiger charge is -2.15. The molecule has 0 aliphatic rings. The first-order valence-electron chi connectivity index (χ1n) is 8.44. The Hall–Kier alpha value is -2.20. The number of aryl methyl sites for hydroxylation is 2. The van der Waals surface area contributed by atoms with Crippen molar-refractivity contribution < 1.29 is 14.3 Å². The van der Waals surface area contributed by atoms with E-state index in [-0.39, 0.29) is 5.91 Å². The molecular formula is C20H24ClNO3. The molecule has 0 aliphatic heterocycles. The van der Waals surface area contributed by atoms with E-state index in [1.807, 2.05) is 45.9 Å². The second kappa shape index (κ2) is 8.77. The molecule has 0 saturated heterocycles. The summed E-state index contributed by atoms with van der Waals surface area (Å²) in [7, 11) is 0. The second-order valence-electron chi connectivity index (χ2n) is 5.84. The summed E-state index contributed by atoms with van der Waals surface area (Å²) >= 11 is 6.32. The van der Waals surface area contributed by atoms with Crippen molar-refractivity contribution in [3.8, 4) is 11.5 Å². The Kier molecular flexibility index (Phi) is 6.71. The van der Waals surface area contributed by atoms with E-state index >= 15 is 0 Å². The molecule has 0 fully saturated rings. The standard InChI is InChI=1S/C20H24ClNO3/c1-5-9-25-19-16(21)11-15(12-18(19)24-6-2)20(23)22-17-10-13(3)7-8-14(17)4/h7-8,10-12H,5-6,9H2,1-4H3,(H,22,23). The molecule has 0 heterocycles. The summed E-state index contributed by atoms with van der Waals surface area (Å²) < 4.78 is 11.3. The van der Waals surface area contributed by atoms with Crippen LogP contribution in [0, 0.1) is 13.8 Å². The minimum atomic E-state index is -0.237. The molecule has 5 heteroatoms. The Labute approximate surface area is 154 Å². The van der Waals surface area contributed by atoms with Crippen LogP contribution in [0.4, 0.5) is 5.69 Å². The van der Waals surface area contributed by atoms with Crippen molar-refractivity contribution in [3.63, 3.8) is 0 Å². The highest BCUT2D eigenvalue weighted by molar-refractivity contribution is 6.32. The molecule has 0 unspecified atom stereocenters. The van der Waals surface area contributed by atoms with Crippen molar-refractivity contribution in [1.29, 1.82) is 0 Å².